The number of para-hydroxylation sites is 2. The van der Waals surface area contributed by atoms with Crippen molar-refractivity contribution in [2.24, 2.45) is 5.73 Å². The van der Waals surface area contributed by atoms with E-state index in [1.807, 2.05) is 23.1 Å². The summed E-state index contributed by atoms with van der Waals surface area (Å²) in [6, 6.07) is 16.0. The van der Waals surface area contributed by atoms with Gasteiger partial charge in [0.15, 0.2) is 5.76 Å². The SMILES string of the molecule is COCCCn1c([C@@H]2CCCN(C(=O)C[C@@H](N)CNC(=O)c3ccc(-c4cccc(Cl)c4Cl)o3)C2)nc2ccccc21. The molecule has 9 nitrogen and oxygen atoms in total. The molecule has 3 heterocycles. The predicted molar refractivity (Wildman–Crippen MR) is 164 cm³/mol. The van der Waals surface area contributed by atoms with Crippen LogP contribution < -0.4 is 11.1 Å². The number of aromatic nitrogens is 2. The number of likely N-dealkylation sites (tertiary alicyclic amines) is 1. The second-order valence-corrected chi connectivity index (χ2v) is 11.4. The zero-order valence-corrected chi connectivity index (χ0v) is 25.0. The minimum atomic E-state index is -0.544. The summed E-state index contributed by atoms with van der Waals surface area (Å²) in [5.74, 6) is 1.24. The van der Waals surface area contributed by atoms with Crippen molar-refractivity contribution in [1.82, 2.24) is 19.8 Å². The third-order valence-electron chi connectivity index (χ3n) is 7.56. The number of methoxy groups -OCH3 is 1. The number of furan rings is 1. The van der Waals surface area contributed by atoms with E-state index >= 15 is 0 Å². The molecule has 0 saturated carbocycles. The number of hydrogen-bond acceptors (Lipinski definition) is 6. The fraction of sp³-hybridized carbons (Fsp3) is 0.387. The molecule has 11 heteroatoms. The van der Waals surface area contributed by atoms with Crippen LogP contribution in [0.15, 0.2) is 59.0 Å². The van der Waals surface area contributed by atoms with Crippen molar-refractivity contribution < 1.29 is 18.7 Å². The summed E-state index contributed by atoms with van der Waals surface area (Å²) in [4.78, 5) is 32.8. The van der Waals surface area contributed by atoms with Crippen LogP contribution in [0, 0.1) is 0 Å². The molecular weight excluding hydrogens is 577 g/mol. The Morgan fingerprint density at radius 1 is 1.17 bits per heavy atom. The van der Waals surface area contributed by atoms with E-state index < -0.39 is 11.9 Å². The number of carbonyl (C=O) groups is 2. The van der Waals surface area contributed by atoms with Crippen LogP contribution in [0.1, 0.15) is 48.0 Å². The molecule has 42 heavy (non-hydrogen) atoms. The molecular formula is C31H35Cl2N5O4. The standard InChI is InChI=1S/C31H35Cl2N5O4/c1-41-16-6-15-38-25-11-3-2-10-24(25)36-30(38)20-7-5-14-37(19-20)28(39)17-21(34)18-35-31(40)27-13-12-26(42-27)22-8-4-9-23(32)29(22)33/h2-4,8-13,20-21H,5-7,14-19,34H2,1H3,(H,35,40)/t20-,21-/m1/s1. The topological polar surface area (TPSA) is 116 Å². The van der Waals surface area contributed by atoms with E-state index in [9.17, 15) is 9.59 Å². The van der Waals surface area contributed by atoms with Crippen molar-refractivity contribution >= 4 is 46.0 Å². The summed E-state index contributed by atoms with van der Waals surface area (Å²) in [7, 11) is 1.71. The van der Waals surface area contributed by atoms with Crippen LogP contribution in [0.25, 0.3) is 22.4 Å². The lowest BCUT2D eigenvalue weighted by Crippen LogP contribution is -2.45. The highest BCUT2D eigenvalue weighted by Gasteiger charge is 2.29. The first-order valence-corrected chi connectivity index (χ1v) is 14.9. The summed E-state index contributed by atoms with van der Waals surface area (Å²) < 4.78 is 13.2. The Morgan fingerprint density at radius 3 is 2.83 bits per heavy atom. The molecule has 3 N–H and O–H groups in total. The van der Waals surface area contributed by atoms with Gasteiger partial charge in [0.25, 0.3) is 5.91 Å². The van der Waals surface area contributed by atoms with Crippen LogP contribution in [-0.2, 0) is 16.1 Å². The monoisotopic (exact) mass is 611 g/mol. The molecule has 1 aliphatic heterocycles. The quantitative estimate of drug-likeness (QED) is 0.217. The van der Waals surface area contributed by atoms with Crippen molar-refractivity contribution in [3.63, 3.8) is 0 Å². The van der Waals surface area contributed by atoms with E-state index in [1.54, 1.807) is 37.4 Å². The van der Waals surface area contributed by atoms with Gasteiger partial charge in [-0.15, -0.1) is 0 Å². The van der Waals surface area contributed by atoms with Crippen LogP contribution >= 0.6 is 23.2 Å². The number of piperidine rings is 1. The van der Waals surface area contributed by atoms with Gasteiger partial charge in [-0.3, -0.25) is 9.59 Å². The minimum absolute atomic E-state index is 0.0284. The fourth-order valence-corrected chi connectivity index (χ4v) is 5.85. The normalized spacial score (nSPS) is 16.1. The molecule has 0 aliphatic carbocycles. The van der Waals surface area contributed by atoms with Crippen LogP contribution in [0.4, 0.5) is 0 Å². The maximum absolute atomic E-state index is 13.2. The Bertz CT molecular complexity index is 1550. The molecule has 0 spiro atoms. The second-order valence-electron chi connectivity index (χ2n) is 10.6. The Balaban J connectivity index is 1.17. The van der Waals surface area contributed by atoms with Gasteiger partial charge in [-0.2, -0.15) is 0 Å². The van der Waals surface area contributed by atoms with Gasteiger partial charge < -0.3 is 29.7 Å². The van der Waals surface area contributed by atoms with E-state index in [1.165, 1.54) is 0 Å². The lowest BCUT2D eigenvalue weighted by Gasteiger charge is -2.33. The first-order valence-electron chi connectivity index (χ1n) is 14.2. The lowest BCUT2D eigenvalue weighted by atomic mass is 9.96. The Morgan fingerprint density at radius 2 is 2.00 bits per heavy atom. The van der Waals surface area contributed by atoms with Crippen molar-refractivity contribution in [1.29, 1.82) is 0 Å². The molecule has 2 aromatic carbocycles. The zero-order chi connectivity index (χ0) is 29.6. The number of carbonyl (C=O) groups excluding carboxylic acids is 2. The Kier molecular flexibility index (Phi) is 9.84. The maximum Gasteiger partial charge on any atom is 0.287 e. The highest BCUT2D eigenvalue weighted by Crippen LogP contribution is 2.34. The Labute approximate surface area is 254 Å². The Hall–Kier alpha value is -3.37. The molecule has 222 valence electrons. The van der Waals surface area contributed by atoms with Crippen molar-refractivity contribution in [3.8, 4) is 11.3 Å². The van der Waals surface area contributed by atoms with Gasteiger partial charge in [-0.05, 0) is 55.7 Å². The number of nitrogens with two attached hydrogens (primary N) is 1. The fourth-order valence-electron chi connectivity index (χ4n) is 5.46. The molecule has 2 aromatic heterocycles. The first-order chi connectivity index (χ1) is 20.4. The van der Waals surface area contributed by atoms with Crippen LogP contribution in [0.2, 0.25) is 10.0 Å². The van der Waals surface area contributed by atoms with Gasteiger partial charge in [0.1, 0.15) is 11.6 Å². The summed E-state index contributed by atoms with van der Waals surface area (Å²) >= 11 is 12.4. The van der Waals surface area contributed by atoms with Crippen LogP contribution in [-0.4, -0.2) is 65.7 Å². The smallest absolute Gasteiger partial charge is 0.287 e. The molecule has 0 radical (unpaired) electrons. The van der Waals surface area contributed by atoms with Gasteiger partial charge in [0.05, 0.1) is 21.1 Å². The number of nitrogens with one attached hydrogen (secondary N) is 1. The zero-order valence-electron chi connectivity index (χ0n) is 23.5. The van der Waals surface area contributed by atoms with Crippen molar-refractivity contribution in [2.75, 3.05) is 33.4 Å². The number of rotatable bonds is 11. The van der Waals surface area contributed by atoms with Crippen molar-refractivity contribution in [2.45, 2.75) is 44.2 Å². The summed E-state index contributed by atoms with van der Waals surface area (Å²) in [5.41, 5.74) is 8.93. The average Bonchev–Trinajstić information content (AvgIpc) is 3.63. The molecule has 5 rings (SSSR count). The summed E-state index contributed by atoms with van der Waals surface area (Å²) in [5, 5.41) is 3.52. The lowest BCUT2D eigenvalue weighted by molar-refractivity contribution is -0.132. The summed E-state index contributed by atoms with van der Waals surface area (Å²) in [6.45, 7) is 2.88. The molecule has 1 fully saturated rings. The van der Waals surface area contributed by atoms with E-state index in [-0.39, 0.29) is 30.6 Å². The molecule has 2 atom stereocenters. The molecule has 4 aromatic rings. The van der Waals surface area contributed by atoms with Crippen LogP contribution in [0.3, 0.4) is 0 Å². The van der Waals surface area contributed by atoms with Gasteiger partial charge in [0, 0.05) is 63.8 Å². The van der Waals surface area contributed by atoms with Gasteiger partial charge in [-0.1, -0.05) is 41.4 Å². The first kappa shape index (κ1) is 30.1. The third kappa shape index (κ3) is 6.81. The number of nitrogens with zero attached hydrogens (tertiary/aromatic N) is 3. The second kappa shape index (κ2) is 13.7. The molecule has 0 unspecified atom stereocenters. The number of halogens is 2. The number of imidazole rings is 1. The number of amides is 2. The molecule has 0 bridgehead atoms. The number of benzene rings is 2. The number of fused-ring (bicyclic) bond motifs is 1. The summed E-state index contributed by atoms with van der Waals surface area (Å²) in [6.07, 6.45) is 2.86. The maximum atomic E-state index is 13.2. The highest BCUT2D eigenvalue weighted by molar-refractivity contribution is 6.43. The molecule has 1 saturated heterocycles. The molecule has 1 aliphatic rings. The van der Waals surface area contributed by atoms with Crippen LogP contribution in [0.5, 0.6) is 0 Å². The van der Waals surface area contributed by atoms with E-state index in [4.69, 9.17) is 43.1 Å². The number of ether oxygens (including phenoxy) is 1. The number of aryl methyl sites for hydroxylation is 1. The van der Waals surface area contributed by atoms with Gasteiger partial charge in [0.2, 0.25) is 5.91 Å². The van der Waals surface area contributed by atoms with Gasteiger partial charge >= 0.3 is 0 Å². The predicted octanol–water partition coefficient (Wildman–Crippen LogP) is 5.49. The molecule has 2 amide bonds. The minimum Gasteiger partial charge on any atom is -0.451 e. The van der Waals surface area contributed by atoms with E-state index in [0.717, 1.165) is 42.7 Å². The average molecular weight is 613 g/mol. The largest absolute Gasteiger partial charge is 0.451 e. The van der Waals surface area contributed by atoms with E-state index in [2.05, 4.69) is 16.0 Å². The third-order valence-corrected chi connectivity index (χ3v) is 8.38. The number of hydrogen-bond donors (Lipinski definition) is 2. The van der Waals surface area contributed by atoms with Gasteiger partial charge in [-0.25, -0.2) is 4.98 Å². The van der Waals surface area contributed by atoms with E-state index in [0.29, 0.717) is 41.1 Å². The van der Waals surface area contributed by atoms with Crippen molar-refractivity contribution in [3.05, 3.63) is 76.2 Å². The highest BCUT2D eigenvalue weighted by atomic mass is 35.5.